The van der Waals surface area contributed by atoms with Crippen molar-refractivity contribution in [1.82, 2.24) is 20.1 Å². The maximum absolute atomic E-state index is 12.7. The van der Waals surface area contributed by atoms with Crippen LogP contribution in [0.1, 0.15) is 42.8 Å². The van der Waals surface area contributed by atoms with E-state index in [9.17, 15) is 4.79 Å². The fourth-order valence-corrected chi connectivity index (χ4v) is 4.62. The van der Waals surface area contributed by atoms with Crippen LogP contribution in [0.2, 0.25) is 0 Å². The van der Waals surface area contributed by atoms with Gasteiger partial charge in [0.2, 0.25) is 5.91 Å². The lowest BCUT2D eigenvalue weighted by Crippen LogP contribution is -2.50. The average Bonchev–Trinajstić information content (AvgIpc) is 3.18. The first-order valence-corrected chi connectivity index (χ1v) is 10.9. The van der Waals surface area contributed by atoms with E-state index in [1.165, 1.54) is 12.8 Å². The van der Waals surface area contributed by atoms with Crippen molar-refractivity contribution >= 4 is 5.91 Å². The van der Waals surface area contributed by atoms with Gasteiger partial charge in [0.15, 0.2) is 0 Å². The molecule has 0 bridgehead atoms. The molecule has 4 rings (SSSR count). The molecule has 2 aromatic rings. The zero-order valence-corrected chi connectivity index (χ0v) is 17.3. The summed E-state index contributed by atoms with van der Waals surface area (Å²) < 4.78 is 5.72. The zero-order chi connectivity index (χ0) is 20.1. The van der Waals surface area contributed by atoms with Gasteiger partial charge in [-0.15, -0.1) is 0 Å². The Morgan fingerprint density at radius 2 is 2.07 bits per heavy atom. The number of amides is 1. The highest BCUT2D eigenvalue weighted by Crippen LogP contribution is 2.25. The lowest BCUT2D eigenvalue weighted by molar-refractivity contribution is -0.127. The second-order valence-corrected chi connectivity index (χ2v) is 8.43. The van der Waals surface area contributed by atoms with Gasteiger partial charge in [-0.25, -0.2) is 0 Å². The molecule has 0 spiro atoms. The molecule has 0 aromatic carbocycles. The summed E-state index contributed by atoms with van der Waals surface area (Å²) in [6.45, 7) is 7.66. The average molecular weight is 397 g/mol. The quantitative estimate of drug-likeness (QED) is 0.813. The molecule has 6 nitrogen and oxygen atoms in total. The third-order valence-corrected chi connectivity index (χ3v) is 6.26. The number of nitrogens with one attached hydrogen (secondary N) is 1. The van der Waals surface area contributed by atoms with Crippen molar-refractivity contribution in [3.63, 3.8) is 0 Å². The summed E-state index contributed by atoms with van der Waals surface area (Å²) in [5, 5.41) is 3.10. The Labute approximate surface area is 173 Å². The van der Waals surface area contributed by atoms with Crippen LogP contribution in [0.4, 0.5) is 0 Å². The normalized spacial score (nSPS) is 21.9. The summed E-state index contributed by atoms with van der Waals surface area (Å²) in [6.07, 6.45) is 8.01. The van der Waals surface area contributed by atoms with Crippen LogP contribution in [-0.4, -0.2) is 52.9 Å². The SMILES string of the molecule is Cc1ccc(CN2CCC(N3CCC[C@H](C(=O)NCc4cccnc4)C3)CC2)o1. The van der Waals surface area contributed by atoms with E-state index in [-0.39, 0.29) is 11.8 Å². The second kappa shape index (κ2) is 9.55. The highest BCUT2D eigenvalue weighted by Gasteiger charge is 2.31. The molecule has 2 aliphatic rings. The summed E-state index contributed by atoms with van der Waals surface area (Å²) in [5.41, 5.74) is 1.05. The number of likely N-dealkylation sites (tertiary alicyclic amines) is 2. The summed E-state index contributed by atoms with van der Waals surface area (Å²) in [4.78, 5) is 21.8. The molecule has 6 heteroatoms. The molecule has 0 unspecified atom stereocenters. The Balaban J connectivity index is 1.23. The van der Waals surface area contributed by atoms with Crippen molar-refractivity contribution in [2.24, 2.45) is 5.92 Å². The van der Waals surface area contributed by atoms with Gasteiger partial charge in [-0.3, -0.25) is 19.6 Å². The smallest absolute Gasteiger partial charge is 0.224 e. The topological polar surface area (TPSA) is 61.6 Å². The predicted octanol–water partition coefficient (Wildman–Crippen LogP) is 2.98. The molecule has 2 fully saturated rings. The molecule has 0 aliphatic carbocycles. The van der Waals surface area contributed by atoms with Crippen LogP contribution in [0.25, 0.3) is 0 Å². The van der Waals surface area contributed by atoms with Crippen molar-refractivity contribution in [1.29, 1.82) is 0 Å². The van der Waals surface area contributed by atoms with E-state index in [1.54, 1.807) is 6.20 Å². The molecule has 0 radical (unpaired) electrons. The van der Waals surface area contributed by atoms with Crippen LogP contribution in [0.15, 0.2) is 41.1 Å². The van der Waals surface area contributed by atoms with Gasteiger partial charge in [0.05, 0.1) is 12.5 Å². The molecular formula is C23H32N4O2. The number of aromatic nitrogens is 1. The van der Waals surface area contributed by atoms with E-state index in [0.717, 1.165) is 62.6 Å². The van der Waals surface area contributed by atoms with Crippen LogP contribution >= 0.6 is 0 Å². The van der Waals surface area contributed by atoms with E-state index in [2.05, 4.69) is 26.2 Å². The highest BCUT2D eigenvalue weighted by molar-refractivity contribution is 5.78. The fraction of sp³-hybridized carbons (Fsp3) is 0.565. The second-order valence-electron chi connectivity index (χ2n) is 8.43. The van der Waals surface area contributed by atoms with E-state index >= 15 is 0 Å². The first-order valence-electron chi connectivity index (χ1n) is 10.9. The summed E-state index contributed by atoms with van der Waals surface area (Å²) >= 11 is 0. The molecule has 2 aliphatic heterocycles. The minimum absolute atomic E-state index is 0.101. The standard InChI is InChI=1S/C23H32N4O2/c1-18-6-7-22(29-18)17-26-12-8-21(9-13-26)27-11-3-5-20(16-27)23(28)25-15-19-4-2-10-24-14-19/h2,4,6-7,10,14,20-21H,3,5,8-9,11-13,15-17H2,1H3,(H,25,28)/t20-/m0/s1. The molecule has 1 N–H and O–H groups in total. The summed E-state index contributed by atoms with van der Waals surface area (Å²) in [6, 6.07) is 8.62. The third kappa shape index (κ3) is 5.46. The maximum atomic E-state index is 12.7. The Morgan fingerprint density at radius 1 is 1.21 bits per heavy atom. The number of carbonyl (C=O) groups excluding carboxylic acids is 1. The number of carbonyl (C=O) groups is 1. The number of pyridine rings is 1. The Hall–Kier alpha value is -2.18. The molecule has 1 atom stereocenters. The van der Waals surface area contributed by atoms with E-state index in [4.69, 9.17) is 4.42 Å². The van der Waals surface area contributed by atoms with Crippen molar-refractivity contribution in [2.45, 2.75) is 51.7 Å². The molecule has 4 heterocycles. The lowest BCUT2D eigenvalue weighted by Gasteiger charge is -2.41. The lowest BCUT2D eigenvalue weighted by atomic mass is 9.93. The number of aryl methyl sites for hydroxylation is 1. The molecule has 1 amide bonds. The van der Waals surface area contributed by atoms with Gasteiger partial charge in [-0.1, -0.05) is 6.07 Å². The van der Waals surface area contributed by atoms with Gasteiger partial charge in [-0.2, -0.15) is 0 Å². The number of hydrogen-bond donors (Lipinski definition) is 1. The highest BCUT2D eigenvalue weighted by atomic mass is 16.3. The Kier molecular flexibility index (Phi) is 6.62. The molecule has 2 saturated heterocycles. The van der Waals surface area contributed by atoms with Crippen LogP contribution in [-0.2, 0) is 17.9 Å². The van der Waals surface area contributed by atoms with Gasteiger partial charge in [0.1, 0.15) is 11.5 Å². The van der Waals surface area contributed by atoms with Crippen molar-refractivity contribution in [3.8, 4) is 0 Å². The fourth-order valence-electron chi connectivity index (χ4n) is 4.62. The van der Waals surface area contributed by atoms with Crippen LogP contribution < -0.4 is 5.32 Å². The molecular weight excluding hydrogens is 364 g/mol. The largest absolute Gasteiger partial charge is 0.465 e. The first-order chi connectivity index (χ1) is 14.2. The predicted molar refractivity (Wildman–Crippen MR) is 112 cm³/mol. The summed E-state index contributed by atoms with van der Waals surface area (Å²) in [5.74, 6) is 2.33. The van der Waals surface area contributed by atoms with Crippen molar-refractivity contribution in [2.75, 3.05) is 26.2 Å². The monoisotopic (exact) mass is 396 g/mol. The first kappa shape index (κ1) is 20.1. The van der Waals surface area contributed by atoms with Gasteiger partial charge >= 0.3 is 0 Å². The van der Waals surface area contributed by atoms with E-state index in [0.29, 0.717) is 12.6 Å². The van der Waals surface area contributed by atoms with Gasteiger partial charge in [0.25, 0.3) is 0 Å². The molecule has 0 saturated carbocycles. The molecule has 2 aromatic heterocycles. The van der Waals surface area contributed by atoms with Crippen molar-refractivity contribution < 1.29 is 9.21 Å². The van der Waals surface area contributed by atoms with Crippen LogP contribution in [0, 0.1) is 12.8 Å². The van der Waals surface area contributed by atoms with E-state index < -0.39 is 0 Å². The number of nitrogens with zero attached hydrogens (tertiary/aromatic N) is 3. The van der Waals surface area contributed by atoms with Crippen LogP contribution in [0.5, 0.6) is 0 Å². The number of rotatable bonds is 6. The van der Waals surface area contributed by atoms with Gasteiger partial charge in [-0.05, 0) is 62.9 Å². The van der Waals surface area contributed by atoms with Gasteiger partial charge in [0, 0.05) is 44.6 Å². The zero-order valence-electron chi connectivity index (χ0n) is 17.3. The van der Waals surface area contributed by atoms with E-state index in [1.807, 2.05) is 31.3 Å². The Morgan fingerprint density at radius 3 is 2.79 bits per heavy atom. The Bertz CT molecular complexity index is 783. The third-order valence-electron chi connectivity index (χ3n) is 6.26. The number of piperidine rings is 2. The van der Waals surface area contributed by atoms with Crippen molar-refractivity contribution in [3.05, 3.63) is 53.7 Å². The summed E-state index contributed by atoms with van der Waals surface area (Å²) in [7, 11) is 0. The molecule has 29 heavy (non-hydrogen) atoms. The maximum Gasteiger partial charge on any atom is 0.224 e. The molecule has 156 valence electrons. The minimum atomic E-state index is 0.101. The van der Waals surface area contributed by atoms with Crippen LogP contribution in [0.3, 0.4) is 0 Å². The number of furan rings is 1. The minimum Gasteiger partial charge on any atom is -0.465 e. The number of hydrogen-bond acceptors (Lipinski definition) is 5. The van der Waals surface area contributed by atoms with Gasteiger partial charge < -0.3 is 9.73 Å².